The highest BCUT2D eigenvalue weighted by Gasteiger charge is 2.43. The molecule has 7 nitrogen and oxygen atoms in total. The average molecular weight is 424 g/mol. The van der Waals surface area contributed by atoms with Gasteiger partial charge in [0.25, 0.3) is 15.9 Å². The number of carbonyl (C=O) groups excluding carboxylic acids is 2. The van der Waals surface area contributed by atoms with Crippen LogP contribution >= 0.6 is 15.9 Å². The van der Waals surface area contributed by atoms with E-state index in [2.05, 4.69) is 31.3 Å². The van der Waals surface area contributed by atoms with E-state index in [-0.39, 0.29) is 4.90 Å². The van der Waals surface area contributed by atoms with E-state index in [0.717, 1.165) is 0 Å². The number of anilines is 1. The van der Waals surface area contributed by atoms with Crippen LogP contribution in [0.5, 0.6) is 0 Å². The topological polar surface area (TPSA) is 104 Å². The number of imide groups is 1. The van der Waals surface area contributed by atoms with Crippen LogP contribution in [0.15, 0.2) is 57.9 Å². The standard InChI is InChI=1S/C16H14BrN3O4S/c1-16(14(21)18-15(22)19-16)10-6-8-11(9-7-10)20-25(23,24)13-5-3-2-4-12(13)17/h2-9,20H,1H3,(H2,18,19,21,22). The zero-order valence-electron chi connectivity index (χ0n) is 13.0. The Bertz CT molecular complexity index is 960. The molecule has 9 heteroatoms. The van der Waals surface area contributed by atoms with Crippen LogP contribution in [-0.2, 0) is 20.4 Å². The normalized spacial score (nSPS) is 20.1. The Morgan fingerprint density at radius 1 is 1.04 bits per heavy atom. The van der Waals surface area contributed by atoms with Crippen molar-refractivity contribution in [3.63, 3.8) is 0 Å². The predicted molar refractivity (Wildman–Crippen MR) is 95.4 cm³/mol. The second-order valence-electron chi connectivity index (χ2n) is 5.65. The van der Waals surface area contributed by atoms with Gasteiger partial charge in [-0.15, -0.1) is 0 Å². The second-order valence-corrected chi connectivity index (χ2v) is 8.15. The number of carbonyl (C=O) groups is 2. The molecule has 25 heavy (non-hydrogen) atoms. The molecule has 3 rings (SSSR count). The van der Waals surface area contributed by atoms with Gasteiger partial charge in [-0.05, 0) is 52.7 Å². The lowest BCUT2D eigenvalue weighted by atomic mass is 9.92. The molecule has 0 aliphatic carbocycles. The molecule has 0 spiro atoms. The van der Waals surface area contributed by atoms with E-state index in [4.69, 9.17) is 0 Å². The first-order valence-electron chi connectivity index (χ1n) is 7.24. The van der Waals surface area contributed by atoms with Crippen LogP contribution in [0.4, 0.5) is 10.5 Å². The van der Waals surface area contributed by atoms with E-state index in [1.807, 2.05) is 0 Å². The van der Waals surface area contributed by atoms with Gasteiger partial charge in [0.2, 0.25) is 0 Å². The molecule has 0 radical (unpaired) electrons. The minimum atomic E-state index is -3.76. The maximum absolute atomic E-state index is 12.5. The van der Waals surface area contributed by atoms with E-state index in [1.165, 1.54) is 18.2 Å². The van der Waals surface area contributed by atoms with Gasteiger partial charge in [-0.1, -0.05) is 24.3 Å². The Balaban J connectivity index is 1.85. The summed E-state index contributed by atoms with van der Waals surface area (Å²) in [6.45, 7) is 1.58. The van der Waals surface area contributed by atoms with Crippen molar-refractivity contribution in [1.29, 1.82) is 0 Å². The van der Waals surface area contributed by atoms with Gasteiger partial charge in [-0.3, -0.25) is 14.8 Å². The average Bonchev–Trinajstić information content (AvgIpc) is 2.81. The Morgan fingerprint density at radius 3 is 2.24 bits per heavy atom. The first kappa shape index (κ1) is 17.4. The summed E-state index contributed by atoms with van der Waals surface area (Å²) in [4.78, 5) is 23.4. The third-order valence-corrected chi connectivity index (χ3v) is 6.28. The van der Waals surface area contributed by atoms with Gasteiger partial charge in [0, 0.05) is 10.2 Å². The fraction of sp³-hybridized carbons (Fsp3) is 0.125. The third-order valence-electron chi connectivity index (χ3n) is 3.89. The molecule has 0 bridgehead atoms. The van der Waals surface area contributed by atoms with Crippen LogP contribution in [0.3, 0.4) is 0 Å². The number of urea groups is 1. The van der Waals surface area contributed by atoms with Crippen molar-refractivity contribution in [2.45, 2.75) is 17.4 Å². The molecule has 0 aromatic heterocycles. The van der Waals surface area contributed by atoms with Crippen LogP contribution in [-0.4, -0.2) is 20.4 Å². The molecule has 0 saturated carbocycles. The number of hydrogen-bond donors (Lipinski definition) is 3. The van der Waals surface area contributed by atoms with E-state index < -0.39 is 27.5 Å². The first-order chi connectivity index (χ1) is 11.7. The fourth-order valence-electron chi connectivity index (χ4n) is 2.49. The van der Waals surface area contributed by atoms with Crippen molar-refractivity contribution in [1.82, 2.24) is 10.6 Å². The van der Waals surface area contributed by atoms with Crippen LogP contribution in [0.2, 0.25) is 0 Å². The van der Waals surface area contributed by atoms with Gasteiger partial charge in [0.15, 0.2) is 0 Å². The molecule has 2 aromatic carbocycles. The summed E-state index contributed by atoms with van der Waals surface area (Å²) in [6.07, 6.45) is 0. The number of amides is 3. The van der Waals surface area contributed by atoms with E-state index >= 15 is 0 Å². The fourth-order valence-corrected chi connectivity index (χ4v) is 4.55. The summed E-state index contributed by atoms with van der Waals surface area (Å²) >= 11 is 3.22. The lowest BCUT2D eigenvalue weighted by Gasteiger charge is -2.21. The minimum Gasteiger partial charge on any atom is -0.320 e. The molecule has 1 aliphatic heterocycles. The SMILES string of the molecule is CC1(c2ccc(NS(=O)(=O)c3ccccc3Br)cc2)NC(=O)NC1=O. The molecule has 1 heterocycles. The zero-order valence-corrected chi connectivity index (χ0v) is 15.4. The zero-order chi connectivity index (χ0) is 18.2. The summed E-state index contributed by atoms with van der Waals surface area (Å²) in [6, 6.07) is 12.2. The van der Waals surface area contributed by atoms with Crippen LogP contribution in [0.1, 0.15) is 12.5 Å². The van der Waals surface area contributed by atoms with Crippen molar-refractivity contribution in [2.75, 3.05) is 4.72 Å². The Hall–Kier alpha value is -2.39. The van der Waals surface area contributed by atoms with Gasteiger partial charge >= 0.3 is 6.03 Å². The molecule has 1 atom stereocenters. The van der Waals surface area contributed by atoms with Crippen molar-refractivity contribution in [3.05, 3.63) is 58.6 Å². The van der Waals surface area contributed by atoms with Crippen molar-refractivity contribution in [3.8, 4) is 0 Å². The van der Waals surface area contributed by atoms with E-state index in [0.29, 0.717) is 15.7 Å². The molecular formula is C16H14BrN3O4S. The largest absolute Gasteiger partial charge is 0.322 e. The van der Waals surface area contributed by atoms with Gasteiger partial charge in [0.1, 0.15) is 10.4 Å². The monoisotopic (exact) mass is 423 g/mol. The predicted octanol–water partition coefficient (Wildman–Crippen LogP) is 2.30. The van der Waals surface area contributed by atoms with Gasteiger partial charge in [-0.2, -0.15) is 0 Å². The van der Waals surface area contributed by atoms with Crippen molar-refractivity contribution in [2.24, 2.45) is 0 Å². The smallest absolute Gasteiger partial charge is 0.320 e. The summed E-state index contributed by atoms with van der Waals surface area (Å²) in [5.41, 5.74) is -0.302. The molecular weight excluding hydrogens is 410 g/mol. The molecule has 2 aromatic rings. The van der Waals surface area contributed by atoms with E-state index in [1.54, 1.807) is 37.3 Å². The minimum absolute atomic E-state index is 0.119. The molecule has 3 N–H and O–H groups in total. The van der Waals surface area contributed by atoms with E-state index in [9.17, 15) is 18.0 Å². The second kappa shape index (κ2) is 6.16. The summed E-state index contributed by atoms with van der Waals surface area (Å²) in [5.74, 6) is -0.459. The van der Waals surface area contributed by atoms with Gasteiger partial charge in [0.05, 0.1) is 0 Å². The lowest BCUT2D eigenvalue weighted by molar-refractivity contribution is -0.123. The first-order valence-corrected chi connectivity index (χ1v) is 9.51. The molecule has 1 unspecified atom stereocenters. The summed E-state index contributed by atoms with van der Waals surface area (Å²) < 4.78 is 27.9. The molecule has 130 valence electrons. The number of rotatable bonds is 4. The highest BCUT2D eigenvalue weighted by Crippen LogP contribution is 2.27. The molecule has 3 amide bonds. The lowest BCUT2D eigenvalue weighted by Crippen LogP contribution is -2.40. The Kier molecular flexibility index (Phi) is 4.29. The van der Waals surface area contributed by atoms with Crippen molar-refractivity contribution < 1.29 is 18.0 Å². The molecule has 1 fully saturated rings. The van der Waals surface area contributed by atoms with Gasteiger partial charge in [-0.25, -0.2) is 13.2 Å². The number of nitrogens with one attached hydrogen (secondary N) is 3. The maximum atomic E-state index is 12.5. The highest BCUT2D eigenvalue weighted by molar-refractivity contribution is 9.10. The van der Waals surface area contributed by atoms with Gasteiger partial charge < -0.3 is 5.32 Å². The summed E-state index contributed by atoms with van der Waals surface area (Å²) in [5, 5.41) is 4.73. The number of halogens is 1. The highest BCUT2D eigenvalue weighted by atomic mass is 79.9. The summed E-state index contributed by atoms with van der Waals surface area (Å²) in [7, 11) is -3.76. The molecule has 1 aliphatic rings. The third kappa shape index (κ3) is 3.24. The Labute approximate surface area is 153 Å². The van der Waals surface area contributed by atoms with Crippen LogP contribution in [0, 0.1) is 0 Å². The maximum Gasteiger partial charge on any atom is 0.322 e. The van der Waals surface area contributed by atoms with Crippen molar-refractivity contribution >= 4 is 43.6 Å². The van der Waals surface area contributed by atoms with Crippen LogP contribution in [0.25, 0.3) is 0 Å². The quantitative estimate of drug-likeness (QED) is 0.656. The number of benzene rings is 2. The molecule has 1 saturated heterocycles. The Morgan fingerprint density at radius 2 is 1.68 bits per heavy atom. The van der Waals surface area contributed by atoms with Crippen LogP contribution < -0.4 is 15.4 Å². The number of sulfonamides is 1. The number of hydrogen-bond acceptors (Lipinski definition) is 4.